The normalized spacial score (nSPS) is 23.9. The smallest absolute Gasteiger partial charge is 0.232 e. The third-order valence-electron chi connectivity index (χ3n) is 5.76. The summed E-state index contributed by atoms with van der Waals surface area (Å²) in [4.78, 5) is 4.46. The summed E-state index contributed by atoms with van der Waals surface area (Å²) in [5, 5.41) is 49.2. The molecule has 2 aromatic carbocycles. The second kappa shape index (κ2) is 10.3. The molecule has 0 amide bonds. The van der Waals surface area contributed by atoms with Crippen LogP contribution in [0.2, 0.25) is 0 Å². The maximum atomic E-state index is 10.2. The van der Waals surface area contributed by atoms with E-state index in [1.165, 1.54) is 7.11 Å². The maximum absolute atomic E-state index is 10.2. The number of pyridine rings is 1. The molecule has 3 aromatic rings. The van der Waals surface area contributed by atoms with Crippen LogP contribution in [0.3, 0.4) is 0 Å². The zero-order valence-corrected chi connectivity index (χ0v) is 18.8. The Hall–Kier alpha value is -3.72. The van der Waals surface area contributed by atoms with Crippen LogP contribution >= 0.6 is 0 Å². The molecule has 1 aromatic heterocycles. The van der Waals surface area contributed by atoms with Gasteiger partial charge in [-0.3, -0.25) is 0 Å². The van der Waals surface area contributed by atoms with Crippen molar-refractivity contribution in [1.82, 2.24) is 4.98 Å². The van der Waals surface area contributed by atoms with Crippen molar-refractivity contribution in [2.75, 3.05) is 19.5 Å². The predicted molar refractivity (Wildman–Crippen MR) is 125 cm³/mol. The molecule has 1 aliphatic rings. The number of methoxy groups -OCH3 is 1. The second-order valence-electron chi connectivity index (χ2n) is 8.01. The Kier molecular flexibility index (Phi) is 7.16. The lowest BCUT2D eigenvalue weighted by atomic mass is 9.98. The first-order valence-corrected chi connectivity index (χ1v) is 10.8. The second-order valence-corrected chi connectivity index (χ2v) is 8.01. The summed E-state index contributed by atoms with van der Waals surface area (Å²) in [6.07, 6.45) is -6.92. The maximum Gasteiger partial charge on any atom is 0.232 e. The first-order chi connectivity index (χ1) is 16.9. The summed E-state index contributed by atoms with van der Waals surface area (Å²) in [6, 6.07) is 17.7. The molecule has 2 heterocycles. The lowest BCUT2D eigenvalue weighted by Crippen LogP contribution is -2.60. The van der Waals surface area contributed by atoms with Gasteiger partial charge in [0.15, 0.2) is 0 Å². The van der Waals surface area contributed by atoms with Gasteiger partial charge in [-0.2, -0.15) is 5.26 Å². The zero-order valence-electron chi connectivity index (χ0n) is 18.8. The first-order valence-electron chi connectivity index (χ1n) is 10.8. The fourth-order valence-electron chi connectivity index (χ4n) is 3.82. The number of benzene rings is 2. The molecular weight excluding hydrogens is 454 g/mol. The Morgan fingerprint density at radius 2 is 1.66 bits per heavy atom. The van der Waals surface area contributed by atoms with Gasteiger partial charge in [-0.25, -0.2) is 4.98 Å². The van der Waals surface area contributed by atoms with Crippen LogP contribution in [0.15, 0.2) is 54.6 Å². The van der Waals surface area contributed by atoms with Crippen molar-refractivity contribution >= 4 is 5.69 Å². The minimum absolute atomic E-state index is 0.179. The highest BCUT2D eigenvalue weighted by molar-refractivity contribution is 5.78. The van der Waals surface area contributed by atoms with E-state index in [4.69, 9.17) is 19.9 Å². The van der Waals surface area contributed by atoms with E-state index in [-0.39, 0.29) is 11.4 Å². The van der Waals surface area contributed by atoms with Crippen molar-refractivity contribution in [2.24, 2.45) is 0 Å². The van der Waals surface area contributed by atoms with Gasteiger partial charge in [0.2, 0.25) is 12.2 Å². The van der Waals surface area contributed by atoms with Gasteiger partial charge in [-0.15, -0.1) is 0 Å². The molecular formula is C25H25N3O7. The number of hydrogen-bond donors (Lipinski definition) is 5. The van der Waals surface area contributed by atoms with Gasteiger partial charge in [-0.1, -0.05) is 24.3 Å². The first kappa shape index (κ1) is 24.4. The van der Waals surface area contributed by atoms with Crippen LogP contribution in [0.1, 0.15) is 5.56 Å². The number of nitrogens with two attached hydrogens (primary N) is 1. The van der Waals surface area contributed by atoms with Crippen molar-refractivity contribution in [1.29, 1.82) is 5.26 Å². The minimum Gasteiger partial charge on any atom is -0.480 e. The number of ether oxygens (including phenoxy) is 3. The lowest BCUT2D eigenvalue weighted by Gasteiger charge is -2.39. The van der Waals surface area contributed by atoms with Gasteiger partial charge in [0.1, 0.15) is 41.8 Å². The highest BCUT2D eigenvalue weighted by atomic mass is 16.7. The molecule has 0 radical (unpaired) electrons. The molecule has 5 atom stereocenters. The van der Waals surface area contributed by atoms with Crippen LogP contribution in [0.5, 0.6) is 11.6 Å². The topological polar surface area (TPSA) is 171 Å². The highest BCUT2D eigenvalue weighted by Gasteiger charge is 2.44. The van der Waals surface area contributed by atoms with Crippen molar-refractivity contribution in [3.05, 3.63) is 60.2 Å². The van der Waals surface area contributed by atoms with Crippen molar-refractivity contribution < 1.29 is 34.6 Å². The molecule has 5 unspecified atom stereocenters. The van der Waals surface area contributed by atoms with Gasteiger partial charge in [0, 0.05) is 16.8 Å². The SMILES string of the molecule is COc1nc(-c2ccc(N)cc2)cc(-c2ccc(OC3OC(CO)C(O)C(O)C3O)cc2)c1C#N. The molecule has 1 saturated heterocycles. The van der Waals surface area contributed by atoms with E-state index in [1.807, 2.05) is 12.1 Å². The van der Waals surface area contributed by atoms with Crippen LogP contribution in [-0.2, 0) is 4.74 Å². The average Bonchev–Trinajstić information content (AvgIpc) is 2.89. The largest absolute Gasteiger partial charge is 0.480 e. The molecule has 182 valence electrons. The summed E-state index contributed by atoms with van der Waals surface area (Å²) >= 11 is 0. The van der Waals surface area contributed by atoms with E-state index in [2.05, 4.69) is 11.1 Å². The minimum atomic E-state index is -1.54. The Morgan fingerprint density at radius 3 is 2.26 bits per heavy atom. The van der Waals surface area contributed by atoms with Crippen LogP contribution < -0.4 is 15.2 Å². The van der Waals surface area contributed by atoms with E-state index in [0.29, 0.717) is 28.3 Å². The van der Waals surface area contributed by atoms with Gasteiger partial charge in [-0.05, 0) is 35.9 Å². The molecule has 0 spiro atoms. The summed E-state index contributed by atoms with van der Waals surface area (Å²) in [6.45, 7) is -0.555. The van der Waals surface area contributed by atoms with Crippen molar-refractivity contribution in [3.8, 4) is 40.1 Å². The number of aliphatic hydroxyl groups excluding tert-OH is 4. The molecule has 0 bridgehead atoms. The lowest BCUT2D eigenvalue weighted by molar-refractivity contribution is -0.277. The molecule has 10 nitrogen and oxygen atoms in total. The fraction of sp³-hybridized carbons (Fsp3) is 0.280. The summed E-state index contributed by atoms with van der Waals surface area (Å²) in [5.74, 6) is 0.481. The van der Waals surface area contributed by atoms with Crippen LogP contribution in [-0.4, -0.2) is 69.8 Å². The number of anilines is 1. The van der Waals surface area contributed by atoms with E-state index in [0.717, 1.165) is 5.56 Å². The van der Waals surface area contributed by atoms with Gasteiger partial charge < -0.3 is 40.4 Å². The number of rotatable bonds is 6. The Morgan fingerprint density at radius 1 is 1.00 bits per heavy atom. The molecule has 0 saturated carbocycles. The summed E-state index contributed by atoms with van der Waals surface area (Å²) in [5.41, 5.74) is 9.32. The van der Waals surface area contributed by atoms with Crippen LogP contribution in [0, 0.1) is 11.3 Å². The van der Waals surface area contributed by atoms with Gasteiger partial charge in [0.05, 0.1) is 19.4 Å². The fourth-order valence-corrected chi connectivity index (χ4v) is 3.82. The zero-order chi connectivity index (χ0) is 25.1. The molecule has 10 heteroatoms. The standard InChI is InChI=1S/C25H25N3O7/c1-33-24-18(11-26)17(10-19(28-24)14-2-6-15(27)7-3-14)13-4-8-16(9-5-13)34-25-23(32)22(31)21(30)20(12-29)35-25/h2-10,20-23,25,29-32H,12,27H2,1H3. The Labute approximate surface area is 201 Å². The molecule has 0 aliphatic carbocycles. The summed E-state index contributed by atoms with van der Waals surface area (Å²) < 4.78 is 16.4. The molecule has 1 fully saturated rings. The summed E-state index contributed by atoms with van der Waals surface area (Å²) in [7, 11) is 1.44. The number of aromatic nitrogens is 1. The Bertz CT molecular complexity index is 1210. The monoisotopic (exact) mass is 479 g/mol. The molecule has 4 rings (SSSR count). The van der Waals surface area contributed by atoms with Gasteiger partial charge in [0.25, 0.3) is 0 Å². The third-order valence-corrected chi connectivity index (χ3v) is 5.76. The van der Waals surface area contributed by atoms with E-state index >= 15 is 0 Å². The molecule has 35 heavy (non-hydrogen) atoms. The Balaban J connectivity index is 1.64. The number of nitrogens with zero attached hydrogens (tertiary/aromatic N) is 2. The number of aliphatic hydroxyl groups is 4. The van der Waals surface area contributed by atoms with Crippen molar-refractivity contribution in [3.63, 3.8) is 0 Å². The molecule has 1 aliphatic heterocycles. The van der Waals surface area contributed by atoms with Crippen LogP contribution in [0.4, 0.5) is 5.69 Å². The molecule has 6 N–H and O–H groups in total. The highest BCUT2D eigenvalue weighted by Crippen LogP contribution is 2.34. The predicted octanol–water partition coefficient (Wildman–Crippen LogP) is 1.06. The number of nitriles is 1. The van der Waals surface area contributed by atoms with Crippen molar-refractivity contribution in [2.45, 2.75) is 30.7 Å². The van der Waals surface area contributed by atoms with E-state index < -0.39 is 37.3 Å². The average molecular weight is 479 g/mol. The van der Waals surface area contributed by atoms with E-state index in [1.54, 1.807) is 42.5 Å². The van der Waals surface area contributed by atoms with Crippen LogP contribution in [0.25, 0.3) is 22.4 Å². The quantitative estimate of drug-likeness (QED) is 0.322. The van der Waals surface area contributed by atoms with E-state index in [9.17, 15) is 25.7 Å². The number of hydrogen-bond acceptors (Lipinski definition) is 10. The van der Waals surface area contributed by atoms with Gasteiger partial charge >= 0.3 is 0 Å². The number of nitrogen functional groups attached to an aromatic ring is 1. The third kappa shape index (κ3) is 4.90.